The lowest BCUT2D eigenvalue weighted by molar-refractivity contribution is -0.123. The van der Waals surface area contributed by atoms with Crippen LogP contribution < -0.4 is 10.2 Å². The Kier molecular flexibility index (Phi) is 5.55. The molecular formula is C16H26N2O. The van der Waals surface area contributed by atoms with E-state index in [0.717, 1.165) is 11.3 Å². The van der Waals surface area contributed by atoms with E-state index < -0.39 is 0 Å². The minimum absolute atomic E-state index is 0.00991. The molecule has 0 aliphatic heterocycles. The van der Waals surface area contributed by atoms with E-state index in [1.54, 1.807) is 4.90 Å². The number of anilines is 1. The highest BCUT2D eigenvalue weighted by atomic mass is 16.2. The quantitative estimate of drug-likeness (QED) is 0.885. The lowest BCUT2D eigenvalue weighted by Gasteiger charge is -2.27. The van der Waals surface area contributed by atoms with Crippen molar-refractivity contribution in [2.45, 2.75) is 27.7 Å². The third-order valence-electron chi connectivity index (χ3n) is 3.59. The number of rotatable bonds is 5. The molecule has 1 amide bonds. The molecule has 1 N–H and O–H groups in total. The molecule has 1 unspecified atom stereocenters. The van der Waals surface area contributed by atoms with E-state index >= 15 is 0 Å². The van der Waals surface area contributed by atoms with Crippen LogP contribution in [0.25, 0.3) is 0 Å². The highest BCUT2D eigenvalue weighted by Gasteiger charge is 2.25. The fourth-order valence-corrected chi connectivity index (χ4v) is 2.38. The van der Waals surface area contributed by atoms with Crippen LogP contribution in [0.1, 0.15) is 25.0 Å². The van der Waals surface area contributed by atoms with E-state index in [9.17, 15) is 4.79 Å². The molecule has 0 saturated heterocycles. The number of nitrogens with one attached hydrogen (secondary N) is 1. The van der Waals surface area contributed by atoms with Gasteiger partial charge in [-0.3, -0.25) is 4.79 Å². The fourth-order valence-electron chi connectivity index (χ4n) is 2.38. The minimum Gasteiger partial charge on any atom is -0.319 e. The number of hydrogen-bond donors (Lipinski definition) is 1. The third kappa shape index (κ3) is 3.80. The molecule has 1 rings (SSSR count). The Hall–Kier alpha value is -1.35. The Bertz CT molecular complexity index is 440. The van der Waals surface area contributed by atoms with Crippen LogP contribution in [0.3, 0.4) is 0 Å². The lowest BCUT2D eigenvalue weighted by Crippen LogP contribution is -2.40. The van der Waals surface area contributed by atoms with Gasteiger partial charge in [-0.05, 0) is 38.4 Å². The summed E-state index contributed by atoms with van der Waals surface area (Å²) in [6, 6.07) is 6.19. The molecule has 0 aliphatic rings. The average molecular weight is 262 g/mol. The molecule has 0 aliphatic carbocycles. The van der Waals surface area contributed by atoms with Gasteiger partial charge in [0, 0.05) is 19.3 Å². The van der Waals surface area contributed by atoms with Crippen molar-refractivity contribution in [2.75, 3.05) is 25.5 Å². The first-order chi connectivity index (χ1) is 8.88. The van der Waals surface area contributed by atoms with E-state index in [0.29, 0.717) is 12.5 Å². The van der Waals surface area contributed by atoms with Crippen LogP contribution >= 0.6 is 0 Å². The van der Waals surface area contributed by atoms with Gasteiger partial charge in [-0.2, -0.15) is 0 Å². The third-order valence-corrected chi connectivity index (χ3v) is 3.59. The summed E-state index contributed by atoms with van der Waals surface area (Å²) in [5.41, 5.74) is 3.36. The monoisotopic (exact) mass is 262 g/mol. The van der Waals surface area contributed by atoms with Crippen LogP contribution in [0.4, 0.5) is 5.69 Å². The highest BCUT2D eigenvalue weighted by Crippen LogP contribution is 2.23. The van der Waals surface area contributed by atoms with Crippen molar-refractivity contribution in [3.8, 4) is 0 Å². The number of aryl methyl sites for hydroxylation is 2. The standard InChI is InChI=1S/C16H26N2O/c1-11(2)14(10-17-5)16(19)18(6)15-8-7-12(3)9-13(15)4/h7-9,11,14,17H,10H2,1-6H3. The summed E-state index contributed by atoms with van der Waals surface area (Å²) in [6.07, 6.45) is 0. The van der Waals surface area contributed by atoms with Gasteiger partial charge in [-0.1, -0.05) is 31.5 Å². The number of nitrogens with zero attached hydrogens (tertiary/aromatic N) is 1. The topological polar surface area (TPSA) is 32.3 Å². The van der Waals surface area contributed by atoms with Crippen LogP contribution in [-0.4, -0.2) is 26.5 Å². The Morgan fingerprint density at radius 3 is 2.42 bits per heavy atom. The molecule has 1 aromatic rings. The smallest absolute Gasteiger partial charge is 0.231 e. The molecule has 0 aromatic heterocycles. The Labute approximate surface area is 117 Å². The zero-order valence-electron chi connectivity index (χ0n) is 12.9. The van der Waals surface area contributed by atoms with Gasteiger partial charge in [0.2, 0.25) is 5.91 Å². The maximum Gasteiger partial charge on any atom is 0.231 e. The number of benzene rings is 1. The number of amides is 1. The second kappa shape index (κ2) is 6.71. The van der Waals surface area contributed by atoms with Crippen LogP contribution in [0, 0.1) is 25.7 Å². The molecule has 106 valence electrons. The van der Waals surface area contributed by atoms with E-state index in [4.69, 9.17) is 0 Å². The second-order valence-electron chi connectivity index (χ2n) is 5.60. The SMILES string of the molecule is CNCC(C(=O)N(C)c1ccc(C)cc1C)C(C)C. The van der Waals surface area contributed by atoms with Gasteiger partial charge in [-0.25, -0.2) is 0 Å². The number of carbonyl (C=O) groups is 1. The average Bonchev–Trinajstić information content (AvgIpc) is 2.34. The Morgan fingerprint density at radius 2 is 1.95 bits per heavy atom. The summed E-state index contributed by atoms with van der Waals surface area (Å²) in [6.45, 7) is 9.02. The van der Waals surface area contributed by atoms with Gasteiger partial charge in [0.05, 0.1) is 5.92 Å². The van der Waals surface area contributed by atoms with Crippen LogP contribution in [-0.2, 0) is 4.79 Å². The van der Waals surface area contributed by atoms with Crippen molar-refractivity contribution >= 4 is 11.6 Å². The van der Waals surface area contributed by atoms with Gasteiger partial charge < -0.3 is 10.2 Å². The fraction of sp³-hybridized carbons (Fsp3) is 0.562. The summed E-state index contributed by atoms with van der Waals surface area (Å²) in [7, 11) is 3.75. The predicted molar refractivity (Wildman–Crippen MR) is 81.6 cm³/mol. The maximum atomic E-state index is 12.6. The summed E-state index contributed by atoms with van der Waals surface area (Å²) >= 11 is 0. The van der Waals surface area contributed by atoms with E-state index in [2.05, 4.69) is 45.1 Å². The molecule has 0 spiro atoms. The summed E-state index contributed by atoms with van der Waals surface area (Å²) in [4.78, 5) is 14.4. The van der Waals surface area contributed by atoms with Crippen molar-refractivity contribution in [1.29, 1.82) is 0 Å². The van der Waals surface area contributed by atoms with E-state index in [-0.39, 0.29) is 11.8 Å². The van der Waals surface area contributed by atoms with Gasteiger partial charge in [-0.15, -0.1) is 0 Å². The first-order valence-electron chi connectivity index (χ1n) is 6.88. The zero-order valence-corrected chi connectivity index (χ0v) is 12.9. The van der Waals surface area contributed by atoms with Crippen molar-refractivity contribution in [1.82, 2.24) is 5.32 Å². The molecule has 19 heavy (non-hydrogen) atoms. The molecule has 1 aromatic carbocycles. The van der Waals surface area contributed by atoms with Crippen molar-refractivity contribution in [3.63, 3.8) is 0 Å². The molecule has 1 atom stereocenters. The molecule has 0 bridgehead atoms. The Morgan fingerprint density at radius 1 is 1.32 bits per heavy atom. The van der Waals surface area contributed by atoms with Crippen LogP contribution in [0.15, 0.2) is 18.2 Å². The molecule has 3 heteroatoms. The second-order valence-corrected chi connectivity index (χ2v) is 5.60. The van der Waals surface area contributed by atoms with Gasteiger partial charge >= 0.3 is 0 Å². The van der Waals surface area contributed by atoms with Gasteiger partial charge in [0.1, 0.15) is 0 Å². The largest absolute Gasteiger partial charge is 0.319 e. The first-order valence-corrected chi connectivity index (χ1v) is 6.88. The molecule has 0 heterocycles. The molecule has 3 nitrogen and oxygen atoms in total. The normalized spacial score (nSPS) is 12.6. The molecular weight excluding hydrogens is 236 g/mol. The number of carbonyl (C=O) groups excluding carboxylic acids is 1. The summed E-state index contributed by atoms with van der Waals surface area (Å²) in [5, 5.41) is 3.11. The van der Waals surface area contributed by atoms with Crippen LogP contribution in [0.5, 0.6) is 0 Å². The van der Waals surface area contributed by atoms with Crippen molar-refractivity contribution < 1.29 is 4.79 Å². The van der Waals surface area contributed by atoms with Gasteiger partial charge in [0.25, 0.3) is 0 Å². The molecule has 0 saturated carbocycles. The van der Waals surface area contributed by atoms with Crippen LogP contribution in [0.2, 0.25) is 0 Å². The predicted octanol–water partition coefficient (Wildman–Crippen LogP) is 2.76. The highest BCUT2D eigenvalue weighted by molar-refractivity contribution is 5.95. The van der Waals surface area contributed by atoms with Gasteiger partial charge in [0.15, 0.2) is 0 Å². The van der Waals surface area contributed by atoms with E-state index in [1.807, 2.05) is 20.2 Å². The lowest BCUT2D eigenvalue weighted by atomic mass is 9.94. The minimum atomic E-state index is 0.00991. The number of hydrogen-bond acceptors (Lipinski definition) is 2. The summed E-state index contributed by atoms with van der Waals surface area (Å²) < 4.78 is 0. The molecule has 0 radical (unpaired) electrons. The Balaban J connectivity index is 2.97. The zero-order chi connectivity index (χ0) is 14.6. The summed E-state index contributed by atoms with van der Waals surface area (Å²) in [5.74, 6) is 0.514. The van der Waals surface area contributed by atoms with Crippen molar-refractivity contribution in [3.05, 3.63) is 29.3 Å². The van der Waals surface area contributed by atoms with Crippen molar-refractivity contribution in [2.24, 2.45) is 11.8 Å². The first kappa shape index (κ1) is 15.7. The van der Waals surface area contributed by atoms with E-state index in [1.165, 1.54) is 5.56 Å². The maximum absolute atomic E-state index is 12.6. The molecule has 0 fully saturated rings.